The van der Waals surface area contributed by atoms with Crippen LogP contribution >= 0.6 is 39.1 Å². The Labute approximate surface area is 140 Å². The molecule has 1 unspecified atom stereocenters. The summed E-state index contributed by atoms with van der Waals surface area (Å²) in [6.45, 7) is 0. The van der Waals surface area contributed by atoms with E-state index in [4.69, 9.17) is 23.2 Å². The van der Waals surface area contributed by atoms with E-state index in [1.54, 1.807) is 31.3 Å². The largest absolute Gasteiger partial charge is 0.313 e. The second-order valence-electron chi connectivity index (χ2n) is 4.55. The first-order valence-electron chi connectivity index (χ1n) is 6.18. The van der Waals surface area contributed by atoms with Crippen molar-refractivity contribution in [2.45, 2.75) is 12.5 Å². The summed E-state index contributed by atoms with van der Waals surface area (Å²) in [5.74, 6) is -1.79. The Morgan fingerprint density at radius 2 is 1.90 bits per heavy atom. The quantitative estimate of drug-likeness (QED) is 0.671. The van der Waals surface area contributed by atoms with Gasteiger partial charge in [-0.2, -0.15) is 0 Å². The third kappa shape index (κ3) is 3.75. The lowest BCUT2D eigenvalue weighted by Gasteiger charge is -2.19. The van der Waals surface area contributed by atoms with Crippen LogP contribution in [0, 0.1) is 11.6 Å². The van der Waals surface area contributed by atoms with Crippen LogP contribution in [-0.4, -0.2) is 7.05 Å². The van der Waals surface area contributed by atoms with Gasteiger partial charge in [0.1, 0.15) is 0 Å². The third-order valence-electron chi connectivity index (χ3n) is 3.22. The van der Waals surface area contributed by atoms with E-state index in [-0.39, 0.29) is 10.5 Å². The van der Waals surface area contributed by atoms with Crippen LogP contribution in [0.1, 0.15) is 17.2 Å². The molecule has 112 valence electrons. The van der Waals surface area contributed by atoms with Crippen molar-refractivity contribution in [3.8, 4) is 0 Å². The molecule has 0 saturated carbocycles. The molecular weight excluding hydrogens is 383 g/mol. The maximum Gasteiger partial charge on any atom is 0.173 e. The number of hydrogen-bond donors (Lipinski definition) is 1. The third-order valence-corrected chi connectivity index (χ3v) is 4.63. The van der Waals surface area contributed by atoms with Crippen molar-refractivity contribution in [2.75, 3.05) is 7.05 Å². The summed E-state index contributed by atoms with van der Waals surface area (Å²) in [6, 6.07) is 7.61. The Morgan fingerprint density at radius 1 is 1.19 bits per heavy atom. The van der Waals surface area contributed by atoms with Crippen molar-refractivity contribution in [2.24, 2.45) is 0 Å². The highest BCUT2D eigenvalue weighted by Gasteiger charge is 2.19. The van der Waals surface area contributed by atoms with Gasteiger partial charge in [-0.3, -0.25) is 0 Å². The molecule has 0 fully saturated rings. The molecule has 0 aromatic heterocycles. The number of benzene rings is 2. The average molecular weight is 395 g/mol. The van der Waals surface area contributed by atoms with Crippen LogP contribution in [0.3, 0.4) is 0 Å². The fraction of sp³-hybridized carbons (Fsp3) is 0.200. The minimum Gasteiger partial charge on any atom is -0.313 e. The molecule has 1 nitrogen and oxygen atoms in total. The Bertz CT molecular complexity index is 664. The molecule has 0 bridgehead atoms. The summed E-state index contributed by atoms with van der Waals surface area (Å²) in [5.41, 5.74) is 1.45. The maximum absolute atomic E-state index is 13.7. The van der Waals surface area contributed by atoms with Crippen molar-refractivity contribution in [1.29, 1.82) is 0 Å². The summed E-state index contributed by atoms with van der Waals surface area (Å²) in [4.78, 5) is 0. The van der Waals surface area contributed by atoms with E-state index in [0.29, 0.717) is 22.0 Å². The zero-order valence-corrected chi connectivity index (χ0v) is 14.2. The fourth-order valence-corrected chi connectivity index (χ4v) is 3.08. The number of rotatable bonds is 4. The van der Waals surface area contributed by atoms with Crippen molar-refractivity contribution in [3.05, 3.63) is 67.6 Å². The van der Waals surface area contributed by atoms with Gasteiger partial charge in [0.05, 0.1) is 4.47 Å². The lowest BCUT2D eigenvalue weighted by molar-refractivity contribution is 0.495. The van der Waals surface area contributed by atoms with Crippen LogP contribution < -0.4 is 5.32 Å². The lowest BCUT2D eigenvalue weighted by Crippen LogP contribution is -2.20. The van der Waals surface area contributed by atoms with Crippen LogP contribution in [0.2, 0.25) is 10.0 Å². The first-order valence-corrected chi connectivity index (χ1v) is 7.73. The van der Waals surface area contributed by atoms with Crippen molar-refractivity contribution in [3.63, 3.8) is 0 Å². The van der Waals surface area contributed by atoms with Gasteiger partial charge in [-0.25, -0.2) is 8.78 Å². The normalized spacial score (nSPS) is 12.5. The number of halogens is 5. The molecule has 0 radical (unpaired) electrons. The second-order valence-corrected chi connectivity index (χ2v) is 6.18. The molecule has 0 aliphatic heterocycles. The molecule has 1 atom stereocenters. The summed E-state index contributed by atoms with van der Waals surface area (Å²) < 4.78 is 27.0. The highest BCUT2D eigenvalue weighted by atomic mass is 79.9. The molecule has 2 aromatic carbocycles. The van der Waals surface area contributed by atoms with Gasteiger partial charge in [-0.1, -0.05) is 29.3 Å². The molecule has 0 amide bonds. The number of nitrogens with one attached hydrogen (secondary N) is 1. The summed E-state index contributed by atoms with van der Waals surface area (Å²) >= 11 is 15.2. The molecule has 0 heterocycles. The molecule has 1 N–H and O–H groups in total. The molecule has 6 heteroatoms. The molecule has 0 aliphatic carbocycles. The first kappa shape index (κ1) is 16.7. The van der Waals surface area contributed by atoms with Gasteiger partial charge in [0.25, 0.3) is 0 Å². The van der Waals surface area contributed by atoms with E-state index < -0.39 is 11.6 Å². The van der Waals surface area contributed by atoms with Crippen LogP contribution in [0.5, 0.6) is 0 Å². The minimum atomic E-state index is -0.898. The van der Waals surface area contributed by atoms with Crippen LogP contribution in [0.15, 0.2) is 34.8 Å². The van der Waals surface area contributed by atoms with Gasteiger partial charge < -0.3 is 5.32 Å². The lowest BCUT2D eigenvalue weighted by atomic mass is 9.98. The molecule has 21 heavy (non-hydrogen) atoms. The molecule has 0 spiro atoms. The van der Waals surface area contributed by atoms with E-state index in [0.717, 1.165) is 11.6 Å². The van der Waals surface area contributed by atoms with E-state index in [2.05, 4.69) is 21.2 Å². The number of hydrogen-bond acceptors (Lipinski definition) is 1. The SMILES string of the molecule is CNC(Cc1cc(Cl)ccc1Cl)c1ccc(F)c(F)c1Br. The number of likely N-dealkylation sites (N-methyl/N-ethyl adjacent to an activating group) is 1. The monoisotopic (exact) mass is 393 g/mol. The Morgan fingerprint density at radius 3 is 2.57 bits per heavy atom. The average Bonchev–Trinajstić information content (AvgIpc) is 2.46. The molecule has 2 rings (SSSR count). The van der Waals surface area contributed by atoms with Gasteiger partial charge in [-0.05, 0) is 64.8 Å². The van der Waals surface area contributed by atoms with E-state index in [1.807, 2.05) is 0 Å². The molecular formula is C15H12BrCl2F2N. The smallest absolute Gasteiger partial charge is 0.173 e. The predicted octanol–water partition coefficient (Wildman–Crippen LogP) is 5.54. The minimum absolute atomic E-state index is 0.111. The zero-order valence-electron chi connectivity index (χ0n) is 11.1. The standard InChI is InChI=1S/C15H12BrCl2F2N/c1-21-13(7-8-6-9(17)2-4-11(8)18)10-3-5-12(19)15(20)14(10)16/h2-6,13,21H,7H2,1H3. The first-order chi connectivity index (χ1) is 9.93. The summed E-state index contributed by atoms with van der Waals surface area (Å²) in [5, 5.41) is 4.24. The van der Waals surface area contributed by atoms with Crippen LogP contribution in [-0.2, 0) is 6.42 Å². The summed E-state index contributed by atoms with van der Waals surface area (Å²) in [7, 11) is 1.75. The van der Waals surface area contributed by atoms with Gasteiger partial charge in [0.15, 0.2) is 11.6 Å². The molecule has 0 aliphatic rings. The molecule has 2 aromatic rings. The van der Waals surface area contributed by atoms with Crippen molar-refractivity contribution < 1.29 is 8.78 Å². The van der Waals surface area contributed by atoms with Crippen LogP contribution in [0.4, 0.5) is 8.78 Å². The van der Waals surface area contributed by atoms with Crippen molar-refractivity contribution in [1.82, 2.24) is 5.32 Å². The van der Waals surface area contributed by atoms with Crippen molar-refractivity contribution >= 4 is 39.1 Å². The highest BCUT2D eigenvalue weighted by molar-refractivity contribution is 9.10. The zero-order chi connectivity index (χ0) is 15.6. The van der Waals surface area contributed by atoms with Gasteiger partial charge in [-0.15, -0.1) is 0 Å². The second kappa shape index (κ2) is 7.05. The Balaban J connectivity index is 2.37. The van der Waals surface area contributed by atoms with E-state index in [1.165, 1.54) is 0 Å². The Kier molecular flexibility index (Phi) is 5.60. The van der Waals surface area contributed by atoms with E-state index in [9.17, 15) is 8.78 Å². The van der Waals surface area contributed by atoms with Crippen LogP contribution in [0.25, 0.3) is 0 Å². The predicted molar refractivity (Wildman–Crippen MR) is 86.0 cm³/mol. The van der Waals surface area contributed by atoms with Gasteiger partial charge in [0.2, 0.25) is 0 Å². The summed E-state index contributed by atoms with van der Waals surface area (Å²) in [6.07, 6.45) is 0.500. The Hall–Kier alpha value is -0.680. The fourth-order valence-electron chi connectivity index (χ4n) is 2.10. The van der Waals surface area contributed by atoms with Gasteiger partial charge in [0, 0.05) is 16.1 Å². The highest BCUT2D eigenvalue weighted by Crippen LogP contribution is 2.31. The maximum atomic E-state index is 13.7. The molecule has 0 saturated heterocycles. The topological polar surface area (TPSA) is 12.0 Å². The van der Waals surface area contributed by atoms with E-state index >= 15 is 0 Å². The van der Waals surface area contributed by atoms with Gasteiger partial charge >= 0.3 is 0 Å².